The molecule has 0 aliphatic carbocycles. The number of esters is 1. The van der Waals surface area contributed by atoms with Gasteiger partial charge < -0.3 is 15.2 Å². The van der Waals surface area contributed by atoms with Crippen molar-refractivity contribution in [3.05, 3.63) is 45.2 Å². The van der Waals surface area contributed by atoms with Gasteiger partial charge in [-0.1, -0.05) is 0 Å². The number of rotatable bonds is 3. The van der Waals surface area contributed by atoms with Gasteiger partial charge in [-0.25, -0.2) is 14.2 Å². The van der Waals surface area contributed by atoms with E-state index in [0.29, 0.717) is 3.57 Å². The molecule has 2 rings (SSSR count). The lowest BCUT2D eigenvalue weighted by atomic mass is 10.2. The van der Waals surface area contributed by atoms with Crippen LogP contribution in [-0.4, -0.2) is 23.2 Å². The largest absolute Gasteiger partial charge is 0.491 e. The van der Waals surface area contributed by atoms with Crippen LogP contribution in [0.1, 0.15) is 10.4 Å². The summed E-state index contributed by atoms with van der Waals surface area (Å²) in [7, 11) is 1.11. The quantitative estimate of drug-likeness (QED) is 0.606. The molecular formula is C13H9F2IN2O3. The Morgan fingerprint density at radius 3 is 2.76 bits per heavy atom. The van der Waals surface area contributed by atoms with Gasteiger partial charge in [-0.3, -0.25) is 0 Å². The first kappa shape index (κ1) is 15.4. The summed E-state index contributed by atoms with van der Waals surface area (Å²) in [6.07, 6.45) is 0.942. The van der Waals surface area contributed by atoms with Crippen LogP contribution in [0.4, 0.5) is 20.2 Å². The second-order valence-electron chi connectivity index (χ2n) is 3.93. The van der Waals surface area contributed by atoms with Crippen LogP contribution in [0.15, 0.2) is 24.4 Å². The Morgan fingerprint density at radius 1 is 1.43 bits per heavy atom. The monoisotopic (exact) mass is 406 g/mol. The molecule has 5 nitrogen and oxygen atoms in total. The Morgan fingerprint density at radius 2 is 2.14 bits per heavy atom. The van der Waals surface area contributed by atoms with Crippen LogP contribution in [0.3, 0.4) is 0 Å². The predicted molar refractivity (Wildman–Crippen MR) is 79.6 cm³/mol. The molecule has 0 aliphatic heterocycles. The SMILES string of the molecule is COC(=O)c1cnc(O)c(F)c1Nc1ccc(I)cc1F. The van der Waals surface area contributed by atoms with E-state index >= 15 is 0 Å². The molecule has 1 aromatic heterocycles. The number of aromatic hydroxyl groups is 1. The Bertz CT molecular complexity index is 710. The van der Waals surface area contributed by atoms with Gasteiger partial charge in [0.25, 0.3) is 0 Å². The molecule has 0 saturated heterocycles. The van der Waals surface area contributed by atoms with E-state index in [1.54, 1.807) is 6.07 Å². The van der Waals surface area contributed by atoms with Gasteiger partial charge in [0, 0.05) is 9.77 Å². The van der Waals surface area contributed by atoms with E-state index in [1.165, 1.54) is 12.1 Å². The number of nitrogens with one attached hydrogen (secondary N) is 1. The Balaban J connectivity index is 2.51. The summed E-state index contributed by atoms with van der Waals surface area (Å²) in [5.74, 6) is -3.57. The summed E-state index contributed by atoms with van der Waals surface area (Å²) in [6, 6.07) is 4.22. The maximum atomic E-state index is 13.9. The highest BCUT2D eigenvalue weighted by Gasteiger charge is 2.21. The second kappa shape index (κ2) is 6.20. The van der Waals surface area contributed by atoms with E-state index in [-0.39, 0.29) is 11.3 Å². The number of hydrogen-bond acceptors (Lipinski definition) is 5. The molecule has 0 atom stereocenters. The molecule has 2 N–H and O–H groups in total. The second-order valence-corrected chi connectivity index (χ2v) is 5.17. The summed E-state index contributed by atoms with van der Waals surface area (Å²) in [6.45, 7) is 0. The number of ether oxygens (including phenoxy) is 1. The van der Waals surface area contributed by atoms with Crippen molar-refractivity contribution in [2.24, 2.45) is 0 Å². The fourth-order valence-electron chi connectivity index (χ4n) is 1.59. The average Bonchev–Trinajstić information content (AvgIpc) is 2.45. The van der Waals surface area contributed by atoms with Crippen molar-refractivity contribution >= 4 is 39.9 Å². The van der Waals surface area contributed by atoms with Crippen molar-refractivity contribution in [3.8, 4) is 5.88 Å². The van der Waals surface area contributed by atoms with Gasteiger partial charge in [0.1, 0.15) is 11.4 Å². The van der Waals surface area contributed by atoms with Crippen LogP contribution < -0.4 is 5.32 Å². The van der Waals surface area contributed by atoms with Crippen molar-refractivity contribution in [2.45, 2.75) is 0 Å². The van der Waals surface area contributed by atoms with Crippen molar-refractivity contribution in [1.82, 2.24) is 4.98 Å². The molecule has 0 saturated carbocycles. The highest BCUT2D eigenvalue weighted by molar-refractivity contribution is 14.1. The first-order valence-corrected chi connectivity index (χ1v) is 6.69. The van der Waals surface area contributed by atoms with Crippen molar-refractivity contribution < 1.29 is 23.4 Å². The number of hydrogen-bond donors (Lipinski definition) is 2. The summed E-state index contributed by atoms with van der Waals surface area (Å²) in [5, 5.41) is 11.7. The minimum Gasteiger partial charge on any atom is -0.491 e. The number of benzene rings is 1. The molecule has 0 radical (unpaired) electrons. The molecule has 0 fully saturated rings. The number of aromatic nitrogens is 1. The fourth-order valence-corrected chi connectivity index (χ4v) is 2.04. The number of methoxy groups -OCH3 is 1. The number of carbonyl (C=O) groups excluding carboxylic acids is 1. The van der Waals surface area contributed by atoms with Gasteiger partial charge in [0.05, 0.1) is 18.5 Å². The predicted octanol–water partition coefficient (Wildman–Crippen LogP) is 3.20. The molecule has 110 valence electrons. The molecule has 8 heteroatoms. The first-order chi connectivity index (χ1) is 9.93. The number of nitrogens with zero attached hydrogens (tertiary/aromatic N) is 1. The zero-order chi connectivity index (χ0) is 15.6. The lowest BCUT2D eigenvalue weighted by molar-refractivity contribution is 0.0601. The average molecular weight is 406 g/mol. The molecule has 0 aliphatic rings. The fraction of sp³-hybridized carbons (Fsp3) is 0.0769. The highest BCUT2D eigenvalue weighted by atomic mass is 127. The number of carbonyl (C=O) groups is 1. The van der Waals surface area contributed by atoms with Gasteiger partial charge in [-0.05, 0) is 40.8 Å². The minimum absolute atomic E-state index is 0.0509. The van der Waals surface area contributed by atoms with E-state index in [9.17, 15) is 18.7 Å². The number of pyridine rings is 1. The van der Waals surface area contributed by atoms with E-state index in [0.717, 1.165) is 13.3 Å². The summed E-state index contributed by atoms with van der Waals surface area (Å²) in [5.41, 5.74) is -0.717. The van der Waals surface area contributed by atoms with Crippen molar-refractivity contribution in [2.75, 3.05) is 12.4 Å². The van der Waals surface area contributed by atoms with Crippen molar-refractivity contribution in [1.29, 1.82) is 0 Å². The van der Waals surface area contributed by atoms with Crippen LogP contribution in [0, 0.1) is 15.2 Å². The van der Waals surface area contributed by atoms with E-state index in [1.807, 2.05) is 22.6 Å². The van der Waals surface area contributed by atoms with Crippen LogP contribution in [0.25, 0.3) is 0 Å². The molecule has 1 aromatic carbocycles. The molecular weight excluding hydrogens is 397 g/mol. The highest BCUT2D eigenvalue weighted by Crippen LogP contribution is 2.30. The number of halogens is 3. The van der Waals surface area contributed by atoms with Crippen LogP contribution in [0.2, 0.25) is 0 Å². The lowest BCUT2D eigenvalue weighted by Gasteiger charge is -2.12. The third-order valence-corrected chi connectivity index (χ3v) is 3.27. The molecule has 0 bridgehead atoms. The van der Waals surface area contributed by atoms with Gasteiger partial charge in [0.15, 0.2) is 0 Å². The number of anilines is 2. The topological polar surface area (TPSA) is 71.5 Å². The van der Waals surface area contributed by atoms with Crippen LogP contribution in [-0.2, 0) is 4.74 Å². The molecule has 1 heterocycles. The molecule has 21 heavy (non-hydrogen) atoms. The molecule has 0 amide bonds. The van der Waals surface area contributed by atoms with Crippen LogP contribution in [0.5, 0.6) is 5.88 Å². The first-order valence-electron chi connectivity index (χ1n) is 5.62. The Labute approximate surface area is 132 Å². The van der Waals surface area contributed by atoms with E-state index in [2.05, 4.69) is 15.0 Å². The minimum atomic E-state index is -1.17. The van der Waals surface area contributed by atoms with E-state index < -0.39 is 29.2 Å². The van der Waals surface area contributed by atoms with Gasteiger partial charge >= 0.3 is 5.97 Å². The Hall–Kier alpha value is -1.97. The molecule has 0 unspecified atom stereocenters. The van der Waals surface area contributed by atoms with Crippen molar-refractivity contribution in [3.63, 3.8) is 0 Å². The zero-order valence-electron chi connectivity index (χ0n) is 10.7. The van der Waals surface area contributed by atoms with Gasteiger partial charge in [-0.2, -0.15) is 4.39 Å². The van der Waals surface area contributed by atoms with Crippen LogP contribution >= 0.6 is 22.6 Å². The third-order valence-electron chi connectivity index (χ3n) is 2.60. The molecule has 0 spiro atoms. The zero-order valence-corrected chi connectivity index (χ0v) is 12.8. The summed E-state index contributed by atoms with van der Waals surface area (Å²) < 4.78 is 32.9. The standard InChI is InChI=1S/C13H9F2IN2O3/c1-21-13(20)7-5-17-12(19)10(15)11(7)18-9-3-2-6(16)4-8(9)14/h2-5H,1H3,(H2,17,18,19). The normalized spacial score (nSPS) is 10.3. The van der Waals surface area contributed by atoms with Gasteiger partial charge in [0.2, 0.25) is 11.7 Å². The third kappa shape index (κ3) is 3.20. The maximum Gasteiger partial charge on any atom is 0.341 e. The molecule has 2 aromatic rings. The summed E-state index contributed by atoms with van der Waals surface area (Å²) in [4.78, 5) is 14.9. The summed E-state index contributed by atoms with van der Waals surface area (Å²) >= 11 is 1.92. The maximum absolute atomic E-state index is 13.9. The van der Waals surface area contributed by atoms with Gasteiger partial charge in [-0.15, -0.1) is 0 Å². The lowest BCUT2D eigenvalue weighted by Crippen LogP contribution is -2.09. The Kier molecular flexibility index (Phi) is 4.56. The smallest absolute Gasteiger partial charge is 0.341 e. The van der Waals surface area contributed by atoms with E-state index in [4.69, 9.17) is 0 Å².